The number of benzene rings is 1. The Kier molecular flexibility index (Phi) is 5.24. The largest absolute Gasteiger partial charge is 0.503 e. The molecular weight excluding hydrogens is 406 g/mol. The highest BCUT2D eigenvalue weighted by Gasteiger charge is 2.45. The lowest BCUT2D eigenvalue weighted by Gasteiger charge is -2.25. The van der Waals surface area contributed by atoms with Crippen LogP contribution in [0.25, 0.3) is 0 Å². The quantitative estimate of drug-likeness (QED) is 0.469. The average molecular weight is 423 g/mol. The van der Waals surface area contributed by atoms with E-state index in [-0.39, 0.29) is 17.9 Å². The molecule has 3 aromatic rings. The molecule has 7 nitrogen and oxygen atoms in total. The molecule has 0 fully saturated rings. The number of ether oxygens (including phenoxy) is 1. The van der Waals surface area contributed by atoms with E-state index in [2.05, 4.69) is 0 Å². The number of carbonyl (C=O) groups is 3. The van der Waals surface area contributed by atoms with Gasteiger partial charge in [0.15, 0.2) is 11.5 Å². The summed E-state index contributed by atoms with van der Waals surface area (Å²) in [7, 11) is 0. The van der Waals surface area contributed by atoms with E-state index in [1.807, 2.05) is 5.38 Å². The predicted octanol–water partition coefficient (Wildman–Crippen LogP) is 4.30. The first-order valence-electron chi connectivity index (χ1n) is 9.18. The number of esters is 1. The SMILES string of the molecule is CCOC(=O)c1ccc(N2C(=O)C(O)=C(C(=O)c3ccco3)[C@H]2c2cccs2)cc1. The smallest absolute Gasteiger partial charge is 0.338 e. The molecule has 0 saturated heterocycles. The normalized spacial score (nSPS) is 16.2. The number of ketones is 1. The van der Waals surface area contributed by atoms with Gasteiger partial charge in [0.2, 0.25) is 5.78 Å². The number of hydrogen-bond acceptors (Lipinski definition) is 7. The number of aliphatic hydroxyl groups excluding tert-OH is 1. The molecule has 0 spiro atoms. The zero-order valence-electron chi connectivity index (χ0n) is 15.9. The second-order valence-electron chi connectivity index (χ2n) is 6.43. The number of thiophene rings is 1. The van der Waals surface area contributed by atoms with Gasteiger partial charge in [0.25, 0.3) is 5.91 Å². The third-order valence-corrected chi connectivity index (χ3v) is 5.59. The van der Waals surface area contributed by atoms with Gasteiger partial charge in [-0.05, 0) is 54.8 Å². The van der Waals surface area contributed by atoms with Gasteiger partial charge in [-0.3, -0.25) is 14.5 Å². The number of Topliss-reactive ketones (excluding diaryl/α,β-unsaturated/α-hetero) is 1. The van der Waals surface area contributed by atoms with Crippen molar-refractivity contribution < 1.29 is 28.6 Å². The fraction of sp³-hybridized carbons (Fsp3) is 0.136. The summed E-state index contributed by atoms with van der Waals surface area (Å²) < 4.78 is 10.2. The molecule has 0 saturated carbocycles. The molecule has 152 valence electrons. The monoisotopic (exact) mass is 423 g/mol. The van der Waals surface area contributed by atoms with Crippen molar-refractivity contribution in [1.29, 1.82) is 0 Å². The molecule has 1 atom stereocenters. The number of carbonyl (C=O) groups excluding carboxylic acids is 3. The van der Waals surface area contributed by atoms with E-state index < -0.39 is 29.5 Å². The Hall–Kier alpha value is -3.65. The first-order chi connectivity index (χ1) is 14.5. The summed E-state index contributed by atoms with van der Waals surface area (Å²) in [5.74, 6) is -2.32. The lowest BCUT2D eigenvalue weighted by molar-refractivity contribution is -0.117. The fourth-order valence-corrected chi connectivity index (χ4v) is 4.16. The Morgan fingerprint density at radius 2 is 1.93 bits per heavy atom. The van der Waals surface area contributed by atoms with Crippen LogP contribution in [0.1, 0.15) is 38.8 Å². The standard InChI is InChI=1S/C22H17NO6S/c1-2-28-22(27)13-7-9-14(10-8-13)23-18(16-6-4-12-30-16)17(20(25)21(23)26)19(24)15-5-3-11-29-15/h3-12,18,25H,2H2,1H3/t18-/m1/s1. The topological polar surface area (TPSA) is 97.0 Å². The second kappa shape index (κ2) is 8.00. The maximum Gasteiger partial charge on any atom is 0.338 e. The van der Waals surface area contributed by atoms with Crippen LogP contribution in [0.15, 0.2) is 75.9 Å². The molecule has 1 aliphatic heterocycles. The Morgan fingerprint density at radius 1 is 1.17 bits per heavy atom. The number of hydrogen-bond donors (Lipinski definition) is 1. The van der Waals surface area contributed by atoms with Crippen LogP contribution in [0, 0.1) is 0 Å². The van der Waals surface area contributed by atoms with Gasteiger partial charge in [0.1, 0.15) is 6.04 Å². The third kappa shape index (κ3) is 3.31. The molecule has 30 heavy (non-hydrogen) atoms. The minimum absolute atomic E-state index is 0.0328. The van der Waals surface area contributed by atoms with Gasteiger partial charge >= 0.3 is 5.97 Å². The third-order valence-electron chi connectivity index (χ3n) is 4.67. The molecule has 1 aliphatic rings. The van der Waals surface area contributed by atoms with Crippen molar-refractivity contribution in [1.82, 2.24) is 0 Å². The van der Waals surface area contributed by atoms with E-state index in [0.29, 0.717) is 16.1 Å². The van der Waals surface area contributed by atoms with Crippen LogP contribution in [0.3, 0.4) is 0 Å². The van der Waals surface area contributed by atoms with Gasteiger partial charge in [-0.25, -0.2) is 4.79 Å². The van der Waals surface area contributed by atoms with Crippen LogP contribution >= 0.6 is 11.3 Å². The fourth-order valence-electron chi connectivity index (χ4n) is 3.33. The van der Waals surface area contributed by atoms with Crippen LogP contribution in [-0.2, 0) is 9.53 Å². The molecule has 0 radical (unpaired) electrons. The summed E-state index contributed by atoms with van der Waals surface area (Å²) in [6.07, 6.45) is 1.35. The minimum Gasteiger partial charge on any atom is -0.503 e. The lowest BCUT2D eigenvalue weighted by atomic mass is 10.00. The van der Waals surface area contributed by atoms with Crippen molar-refractivity contribution in [3.8, 4) is 0 Å². The minimum atomic E-state index is -0.816. The van der Waals surface area contributed by atoms with Crippen LogP contribution in [0.5, 0.6) is 0 Å². The summed E-state index contributed by atoms with van der Waals surface area (Å²) in [6, 6.07) is 12.1. The summed E-state index contributed by atoms with van der Waals surface area (Å²) in [4.78, 5) is 39.9. The number of anilines is 1. The van der Waals surface area contributed by atoms with Gasteiger partial charge < -0.3 is 14.3 Å². The van der Waals surface area contributed by atoms with E-state index in [1.165, 1.54) is 40.7 Å². The van der Waals surface area contributed by atoms with Gasteiger partial charge in [-0.1, -0.05) is 6.07 Å². The zero-order chi connectivity index (χ0) is 21.3. The van der Waals surface area contributed by atoms with Gasteiger partial charge in [-0.15, -0.1) is 11.3 Å². The van der Waals surface area contributed by atoms with E-state index >= 15 is 0 Å². The maximum absolute atomic E-state index is 13.0. The molecule has 0 aliphatic carbocycles. The molecule has 1 aromatic carbocycles. The number of nitrogens with zero attached hydrogens (tertiary/aromatic N) is 1. The Labute approximate surface area is 175 Å². The molecule has 3 heterocycles. The molecule has 8 heteroatoms. The molecule has 0 unspecified atom stereocenters. The Bertz CT molecular complexity index is 1110. The summed E-state index contributed by atoms with van der Waals surface area (Å²) in [5.41, 5.74) is 0.719. The van der Waals surface area contributed by atoms with Crippen molar-refractivity contribution in [3.63, 3.8) is 0 Å². The van der Waals surface area contributed by atoms with Crippen molar-refractivity contribution in [2.45, 2.75) is 13.0 Å². The van der Waals surface area contributed by atoms with Gasteiger partial charge in [0.05, 0.1) is 24.0 Å². The van der Waals surface area contributed by atoms with Crippen molar-refractivity contribution in [2.24, 2.45) is 0 Å². The van der Waals surface area contributed by atoms with E-state index in [1.54, 1.807) is 37.3 Å². The number of furan rings is 1. The lowest BCUT2D eigenvalue weighted by Crippen LogP contribution is -2.30. The molecule has 2 aromatic heterocycles. The summed E-state index contributed by atoms with van der Waals surface area (Å²) >= 11 is 1.36. The highest BCUT2D eigenvalue weighted by Crippen LogP contribution is 2.43. The number of amides is 1. The Balaban J connectivity index is 1.76. The van der Waals surface area contributed by atoms with Crippen LogP contribution in [0.2, 0.25) is 0 Å². The maximum atomic E-state index is 13.0. The highest BCUT2D eigenvalue weighted by atomic mass is 32.1. The molecule has 4 rings (SSSR count). The highest BCUT2D eigenvalue weighted by molar-refractivity contribution is 7.10. The molecule has 0 bridgehead atoms. The van der Waals surface area contributed by atoms with Crippen molar-refractivity contribution >= 4 is 34.7 Å². The van der Waals surface area contributed by atoms with Gasteiger partial charge in [-0.2, -0.15) is 0 Å². The molecule has 1 N–H and O–H groups in total. The number of rotatable bonds is 6. The van der Waals surface area contributed by atoms with Crippen molar-refractivity contribution in [3.05, 3.63) is 87.7 Å². The molecular formula is C22H17NO6S. The van der Waals surface area contributed by atoms with Crippen LogP contribution in [0.4, 0.5) is 5.69 Å². The summed E-state index contributed by atoms with van der Waals surface area (Å²) in [6.45, 7) is 1.97. The summed E-state index contributed by atoms with van der Waals surface area (Å²) in [5, 5.41) is 12.4. The number of aliphatic hydroxyl groups is 1. The second-order valence-corrected chi connectivity index (χ2v) is 7.41. The zero-order valence-corrected chi connectivity index (χ0v) is 16.7. The van der Waals surface area contributed by atoms with Gasteiger partial charge in [0, 0.05) is 10.6 Å². The average Bonchev–Trinajstić information content (AvgIpc) is 3.50. The predicted molar refractivity (Wildman–Crippen MR) is 110 cm³/mol. The van der Waals surface area contributed by atoms with E-state index in [0.717, 1.165) is 0 Å². The van der Waals surface area contributed by atoms with Crippen LogP contribution in [-0.4, -0.2) is 29.4 Å². The molecule has 1 amide bonds. The van der Waals surface area contributed by atoms with E-state index in [4.69, 9.17) is 9.15 Å². The van der Waals surface area contributed by atoms with E-state index in [9.17, 15) is 19.5 Å². The first-order valence-corrected chi connectivity index (χ1v) is 10.1. The Morgan fingerprint density at radius 3 is 2.53 bits per heavy atom. The van der Waals surface area contributed by atoms with Crippen LogP contribution < -0.4 is 4.90 Å². The first kappa shape index (κ1) is 19.7. The van der Waals surface area contributed by atoms with Crippen molar-refractivity contribution in [2.75, 3.05) is 11.5 Å².